The maximum atomic E-state index is 12.2. The van der Waals surface area contributed by atoms with Crippen LogP contribution in [0, 0.1) is 0 Å². The first-order valence-corrected chi connectivity index (χ1v) is 7.31. The number of esters is 1. The van der Waals surface area contributed by atoms with Crippen molar-refractivity contribution in [3.63, 3.8) is 0 Å². The zero-order valence-electron chi connectivity index (χ0n) is 10.6. The summed E-state index contributed by atoms with van der Waals surface area (Å²) in [4.78, 5) is 11.3. The normalized spacial score (nSPS) is 11.2. The predicted octanol–water partition coefficient (Wildman–Crippen LogP) is 1.80. The third kappa shape index (κ3) is 3.04. The van der Waals surface area contributed by atoms with Crippen molar-refractivity contribution in [3.8, 4) is 0 Å². The topological polar surface area (TPSA) is 72.5 Å². The molecule has 2 aromatic rings. The largest absolute Gasteiger partial charge is 0.434 e. The fraction of sp³-hybridized carbons (Fsp3) is 0.0714. The summed E-state index contributed by atoms with van der Waals surface area (Å²) in [5.74, 6) is -0.719. The predicted molar refractivity (Wildman–Crippen MR) is 75.4 cm³/mol. The number of hydrogen-bond acceptors (Lipinski definition) is 4. The number of hydrogen-bond donors (Lipinski definition) is 1. The Morgan fingerprint density at radius 3 is 2.65 bits per heavy atom. The first-order chi connectivity index (χ1) is 9.54. The highest BCUT2D eigenvalue weighted by Crippen LogP contribution is 2.22. The molecule has 0 spiro atoms. The lowest BCUT2D eigenvalue weighted by Gasteiger charge is -2.08. The van der Waals surface area contributed by atoms with Crippen LogP contribution in [0.1, 0.15) is 0 Å². The van der Waals surface area contributed by atoms with Crippen LogP contribution in [0.4, 0.5) is 0 Å². The maximum absolute atomic E-state index is 12.2. The number of ether oxygens (including phenoxy) is 1. The minimum absolute atomic E-state index is 0.127. The van der Waals surface area contributed by atoms with Crippen molar-refractivity contribution >= 4 is 26.8 Å². The van der Waals surface area contributed by atoms with Crippen LogP contribution in [-0.4, -0.2) is 20.9 Å². The number of carbonyl (C=O) groups is 1. The monoisotopic (exact) mass is 291 g/mol. The first kappa shape index (κ1) is 14.2. The van der Waals surface area contributed by atoms with Crippen LogP contribution in [0.15, 0.2) is 60.2 Å². The second kappa shape index (κ2) is 5.85. The van der Waals surface area contributed by atoms with E-state index >= 15 is 0 Å². The van der Waals surface area contributed by atoms with Crippen molar-refractivity contribution in [2.75, 3.05) is 6.54 Å². The van der Waals surface area contributed by atoms with Crippen LogP contribution in [0.5, 0.6) is 0 Å². The number of fused-ring (bicyclic) bond motifs is 1. The van der Waals surface area contributed by atoms with Crippen molar-refractivity contribution in [1.29, 1.82) is 0 Å². The van der Waals surface area contributed by atoms with Crippen molar-refractivity contribution in [3.05, 3.63) is 55.3 Å². The van der Waals surface area contributed by atoms with E-state index in [9.17, 15) is 13.2 Å². The molecule has 0 bridgehead atoms. The molecular formula is C14H13NO4S. The van der Waals surface area contributed by atoms with E-state index in [-0.39, 0.29) is 4.90 Å². The van der Waals surface area contributed by atoms with Crippen molar-refractivity contribution < 1.29 is 17.9 Å². The highest BCUT2D eigenvalue weighted by molar-refractivity contribution is 7.89. The molecular weight excluding hydrogens is 278 g/mol. The summed E-state index contributed by atoms with van der Waals surface area (Å²) < 4.78 is 31.1. The van der Waals surface area contributed by atoms with Gasteiger partial charge in [0.1, 0.15) is 6.54 Å². The first-order valence-electron chi connectivity index (χ1n) is 5.82. The molecule has 0 aliphatic rings. The van der Waals surface area contributed by atoms with Gasteiger partial charge in [0.05, 0.1) is 11.2 Å². The highest BCUT2D eigenvalue weighted by atomic mass is 32.2. The van der Waals surface area contributed by atoms with Gasteiger partial charge in [-0.05, 0) is 11.5 Å². The lowest BCUT2D eigenvalue weighted by atomic mass is 10.1. The van der Waals surface area contributed by atoms with Crippen LogP contribution in [0.2, 0.25) is 0 Å². The number of carbonyl (C=O) groups excluding carboxylic acids is 1. The van der Waals surface area contributed by atoms with Gasteiger partial charge in [0, 0.05) is 5.39 Å². The maximum Gasteiger partial charge on any atom is 0.325 e. The van der Waals surface area contributed by atoms with Crippen LogP contribution in [0.3, 0.4) is 0 Å². The molecule has 0 saturated carbocycles. The van der Waals surface area contributed by atoms with E-state index < -0.39 is 22.5 Å². The standard InChI is InChI=1S/C14H13NO4S/c1-2-19-14(16)10-15-20(17,18)13-9-5-7-11-6-3-4-8-12(11)13/h2-9,15H,1,10H2. The molecule has 20 heavy (non-hydrogen) atoms. The van der Waals surface area contributed by atoms with Crippen LogP contribution >= 0.6 is 0 Å². The van der Waals surface area contributed by atoms with Gasteiger partial charge in [0.25, 0.3) is 0 Å². The minimum Gasteiger partial charge on any atom is -0.434 e. The molecule has 2 aromatic carbocycles. The van der Waals surface area contributed by atoms with E-state index in [4.69, 9.17) is 0 Å². The van der Waals surface area contributed by atoms with Crippen molar-refractivity contribution in [2.24, 2.45) is 0 Å². The van der Waals surface area contributed by atoms with Crippen molar-refractivity contribution in [2.45, 2.75) is 4.90 Å². The van der Waals surface area contributed by atoms with E-state index in [0.29, 0.717) is 5.39 Å². The van der Waals surface area contributed by atoms with Gasteiger partial charge < -0.3 is 4.74 Å². The zero-order valence-corrected chi connectivity index (χ0v) is 11.4. The summed E-state index contributed by atoms with van der Waals surface area (Å²) in [6, 6.07) is 12.1. The summed E-state index contributed by atoms with van der Waals surface area (Å²) >= 11 is 0. The van der Waals surface area contributed by atoms with E-state index in [1.807, 2.05) is 18.2 Å². The fourth-order valence-electron chi connectivity index (χ4n) is 1.80. The second-order valence-corrected chi connectivity index (χ2v) is 5.69. The number of nitrogens with one attached hydrogen (secondary N) is 1. The smallest absolute Gasteiger partial charge is 0.325 e. The number of benzene rings is 2. The lowest BCUT2D eigenvalue weighted by molar-refractivity contribution is -0.136. The molecule has 0 radical (unpaired) electrons. The Hall–Kier alpha value is -2.18. The van der Waals surface area contributed by atoms with E-state index in [2.05, 4.69) is 16.0 Å². The van der Waals surface area contributed by atoms with E-state index in [1.165, 1.54) is 6.07 Å². The Kier molecular flexibility index (Phi) is 4.16. The van der Waals surface area contributed by atoms with E-state index in [0.717, 1.165) is 11.6 Å². The average Bonchev–Trinajstić information content (AvgIpc) is 2.45. The average molecular weight is 291 g/mol. The zero-order chi connectivity index (χ0) is 14.6. The molecule has 0 heterocycles. The summed E-state index contributed by atoms with van der Waals surface area (Å²) in [5, 5.41) is 1.41. The van der Waals surface area contributed by atoms with Gasteiger partial charge in [0.2, 0.25) is 10.0 Å². The summed E-state index contributed by atoms with van der Waals surface area (Å²) in [5.41, 5.74) is 0. The molecule has 5 nitrogen and oxygen atoms in total. The third-order valence-electron chi connectivity index (χ3n) is 2.66. The molecule has 1 N–H and O–H groups in total. The Bertz CT molecular complexity index is 747. The molecule has 0 aliphatic carbocycles. The summed E-state index contributed by atoms with van der Waals surface area (Å²) in [6.07, 6.45) is 0.953. The van der Waals surface area contributed by atoms with Gasteiger partial charge in [-0.1, -0.05) is 43.0 Å². The third-order valence-corrected chi connectivity index (χ3v) is 4.12. The molecule has 0 unspecified atom stereocenters. The molecule has 0 aromatic heterocycles. The quantitative estimate of drug-likeness (QED) is 0.673. The van der Waals surface area contributed by atoms with Crippen LogP contribution < -0.4 is 4.72 Å². The fourth-order valence-corrected chi connectivity index (χ4v) is 2.99. The van der Waals surface area contributed by atoms with Crippen LogP contribution in [-0.2, 0) is 19.6 Å². The molecule has 2 rings (SSSR count). The lowest BCUT2D eigenvalue weighted by Crippen LogP contribution is -2.30. The second-order valence-electron chi connectivity index (χ2n) is 3.96. The molecule has 6 heteroatoms. The highest BCUT2D eigenvalue weighted by Gasteiger charge is 2.18. The molecule has 0 atom stereocenters. The molecule has 0 saturated heterocycles. The Balaban J connectivity index is 2.32. The van der Waals surface area contributed by atoms with Gasteiger partial charge in [-0.3, -0.25) is 4.79 Å². The molecule has 0 fully saturated rings. The number of rotatable bonds is 5. The minimum atomic E-state index is -3.79. The molecule has 104 valence electrons. The van der Waals surface area contributed by atoms with Gasteiger partial charge in [0.15, 0.2) is 0 Å². The summed E-state index contributed by atoms with van der Waals surface area (Å²) in [7, 11) is -3.79. The Labute approximate surface area is 116 Å². The number of sulfonamides is 1. The van der Waals surface area contributed by atoms with Gasteiger partial charge in [-0.25, -0.2) is 8.42 Å². The van der Waals surface area contributed by atoms with Crippen molar-refractivity contribution in [1.82, 2.24) is 4.72 Å². The Morgan fingerprint density at radius 2 is 1.90 bits per heavy atom. The SMILES string of the molecule is C=COC(=O)CNS(=O)(=O)c1cccc2ccccc12. The Morgan fingerprint density at radius 1 is 1.20 bits per heavy atom. The molecule has 0 aliphatic heterocycles. The summed E-state index contributed by atoms with van der Waals surface area (Å²) in [6.45, 7) is 2.78. The van der Waals surface area contributed by atoms with Gasteiger partial charge in [-0.2, -0.15) is 4.72 Å². The van der Waals surface area contributed by atoms with E-state index in [1.54, 1.807) is 18.2 Å². The molecule has 0 amide bonds. The van der Waals surface area contributed by atoms with Gasteiger partial charge in [-0.15, -0.1) is 0 Å². The van der Waals surface area contributed by atoms with Crippen LogP contribution in [0.25, 0.3) is 10.8 Å². The van der Waals surface area contributed by atoms with Gasteiger partial charge >= 0.3 is 5.97 Å².